The SMILES string of the molecule is CC(C)SCc1nc(N)c(Br)c(-c2ccccc2)n1. The quantitative estimate of drug-likeness (QED) is 0.911. The summed E-state index contributed by atoms with van der Waals surface area (Å²) in [5.74, 6) is 2.04. The molecule has 1 aromatic carbocycles. The van der Waals surface area contributed by atoms with E-state index in [1.54, 1.807) is 11.8 Å². The van der Waals surface area contributed by atoms with E-state index < -0.39 is 0 Å². The second kappa shape index (κ2) is 6.39. The van der Waals surface area contributed by atoms with E-state index in [-0.39, 0.29) is 0 Å². The lowest BCUT2D eigenvalue weighted by molar-refractivity contribution is 1.02. The number of thioether (sulfide) groups is 1. The maximum atomic E-state index is 5.96. The van der Waals surface area contributed by atoms with Gasteiger partial charge in [0.05, 0.1) is 15.9 Å². The highest BCUT2D eigenvalue weighted by Gasteiger charge is 2.12. The van der Waals surface area contributed by atoms with Crippen molar-refractivity contribution in [3.63, 3.8) is 0 Å². The molecule has 2 aromatic rings. The fraction of sp³-hybridized carbons (Fsp3) is 0.286. The van der Waals surface area contributed by atoms with Gasteiger partial charge in [0, 0.05) is 5.56 Å². The topological polar surface area (TPSA) is 51.8 Å². The molecular weight excluding hydrogens is 322 g/mol. The highest BCUT2D eigenvalue weighted by atomic mass is 79.9. The normalized spacial score (nSPS) is 10.9. The van der Waals surface area contributed by atoms with Gasteiger partial charge in [-0.25, -0.2) is 9.97 Å². The van der Waals surface area contributed by atoms with Crippen LogP contribution >= 0.6 is 27.7 Å². The lowest BCUT2D eigenvalue weighted by Crippen LogP contribution is -2.03. The smallest absolute Gasteiger partial charge is 0.142 e. The standard InChI is InChI=1S/C14H16BrN3S/c1-9(2)19-8-11-17-13(12(15)14(16)18-11)10-6-4-3-5-7-10/h3-7,9H,8H2,1-2H3,(H2,16,17,18). The van der Waals surface area contributed by atoms with Crippen LogP contribution in [-0.4, -0.2) is 15.2 Å². The van der Waals surface area contributed by atoms with Crippen molar-refractivity contribution in [2.75, 3.05) is 5.73 Å². The van der Waals surface area contributed by atoms with Gasteiger partial charge in [-0.2, -0.15) is 11.8 Å². The number of nitrogens with zero attached hydrogens (tertiary/aromatic N) is 2. The molecule has 0 radical (unpaired) electrons. The molecule has 5 heteroatoms. The van der Waals surface area contributed by atoms with Crippen molar-refractivity contribution < 1.29 is 0 Å². The van der Waals surface area contributed by atoms with Crippen LogP contribution in [0.3, 0.4) is 0 Å². The van der Waals surface area contributed by atoms with Crippen LogP contribution in [0, 0.1) is 0 Å². The molecule has 0 aliphatic carbocycles. The average molecular weight is 338 g/mol. The summed E-state index contributed by atoms with van der Waals surface area (Å²) in [6, 6.07) is 10.0. The van der Waals surface area contributed by atoms with Crippen LogP contribution in [0.5, 0.6) is 0 Å². The molecule has 0 bridgehead atoms. The van der Waals surface area contributed by atoms with Crippen LogP contribution in [0.15, 0.2) is 34.8 Å². The molecular formula is C14H16BrN3S. The fourth-order valence-electron chi connectivity index (χ4n) is 1.61. The van der Waals surface area contributed by atoms with Crippen molar-refractivity contribution in [3.05, 3.63) is 40.6 Å². The lowest BCUT2D eigenvalue weighted by atomic mass is 10.1. The first-order valence-corrected chi connectivity index (χ1v) is 7.91. The maximum Gasteiger partial charge on any atom is 0.142 e. The highest BCUT2D eigenvalue weighted by molar-refractivity contribution is 9.10. The Morgan fingerprint density at radius 2 is 1.89 bits per heavy atom. The molecule has 0 aliphatic heterocycles. The zero-order valence-corrected chi connectivity index (χ0v) is 13.3. The van der Waals surface area contributed by atoms with E-state index in [9.17, 15) is 0 Å². The van der Waals surface area contributed by atoms with E-state index in [1.807, 2.05) is 30.3 Å². The zero-order chi connectivity index (χ0) is 13.8. The van der Waals surface area contributed by atoms with Gasteiger partial charge >= 0.3 is 0 Å². The van der Waals surface area contributed by atoms with Crippen LogP contribution in [0.4, 0.5) is 5.82 Å². The Bertz CT molecular complexity index is 558. The van der Waals surface area contributed by atoms with E-state index >= 15 is 0 Å². The van der Waals surface area contributed by atoms with Gasteiger partial charge < -0.3 is 5.73 Å². The fourth-order valence-corrected chi connectivity index (χ4v) is 2.62. The maximum absolute atomic E-state index is 5.96. The molecule has 0 aliphatic rings. The molecule has 19 heavy (non-hydrogen) atoms. The van der Waals surface area contributed by atoms with Gasteiger partial charge in [0.1, 0.15) is 11.6 Å². The minimum atomic E-state index is 0.494. The van der Waals surface area contributed by atoms with Crippen molar-refractivity contribution >= 4 is 33.5 Å². The number of nitrogens with two attached hydrogens (primary N) is 1. The van der Waals surface area contributed by atoms with E-state index in [0.29, 0.717) is 11.1 Å². The summed E-state index contributed by atoms with van der Waals surface area (Å²) in [5.41, 5.74) is 7.85. The number of hydrogen-bond donors (Lipinski definition) is 1. The molecule has 1 aromatic heterocycles. The molecule has 0 saturated carbocycles. The van der Waals surface area contributed by atoms with Gasteiger partial charge in [0.25, 0.3) is 0 Å². The number of rotatable bonds is 4. The third-order valence-electron chi connectivity index (χ3n) is 2.52. The Balaban J connectivity index is 2.38. The predicted octanol–water partition coefficient (Wildman–Crippen LogP) is 4.13. The Morgan fingerprint density at radius 3 is 2.53 bits per heavy atom. The molecule has 0 fully saturated rings. The molecule has 1 heterocycles. The minimum absolute atomic E-state index is 0.494. The molecule has 0 atom stereocenters. The Kier molecular flexibility index (Phi) is 4.82. The summed E-state index contributed by atoms with van der Waals surface area (Å²) in [7, 11) is 0. The predicted molar refractivity (Wildman–Crippen MR) is 86.0 cm³/mol. The van der Waals surface area contributed by atoms with Crippen molar-refractivity contribution in [2.45, 2.75) is 24.9 Å². The Morgan fingerprint density at radius 1 is 1.21 bits per heavy atom. The first-order chi connectivity index (χ1) is 9.08. The van der Waals surface area contributed by atoms with Crippen molar-refractivity contribution in [1.82, 2.24) is 9.97 Å². The third kappa shape index (κ3) is 3.70. The van der Waals surface area contributed by atoms with Gasteiger partial charge in [-0.05, 0) is 21.2 Å². The molecule has 2 rings (SSSR count). The second-order valence-electron chi connectivity index (χ2n) is 4.41. The van der Waals surface area contributed by atoms with Crippen LogP contribution in [0.2, 0.25) is 0 Å². The van der Waals surface area contributed by atoms with E-state index in [0.717, 1.165) is 27.3 Å². The number of halogens is 1. The summed E-state index contributed by atoms with van der Waals surface area (Å²) < 4.78 is 0.761. The first-order valence-electron chi connectivity index (χ1n) is 6.07. The molecule has 100 valence electrons. The Labute approximate surface area is 126 Å². The molecule has 0 amide bonds. The van der Waals surface area contributed by atoms with Crippen LogP contribution in [0.25, 0.3) is 11.3 Å². The number of aromatic nitrogens is 2. The zero-order valence-electron chi connectivity index (χ0n) is 10.9. The van der Waals surface area contributed by atoms with Crippen LogP contribution < -0.4 is 5.73 Å². The largest absolute Gasteiger partial charge is 0.383 e. The summed E-state index contributed by atoms with van der Waals surface area (Å²) >= 11 is 5.28. The minimum Gasteiger partial charge on any atom is -0.383 e. The van der Waals surface area contributed by atoms with E-state index in [1.165, 1.54) is 0 Å². The molecule has 3 nitrogen and oxygen atoms in total. The highest BCUT2D eigenvalue weighted by Crippen LogP contribution is 2.30. The van der Waals surface area contributed by atoms with Gasteiger partial charge in [0.2, 0.25) is 0 Å². The van der Waals surface area contributed by atoms with Gasteiger partial charge in [0.15, 0.2) is 0 Å². The first kappa shape index (κ1) is 14.3. The average Bonchev–Trinajstić information content (AvgIpc) is 2.41. The summed E-state index contributed by atoms with van der Waals surface area (Å²) in [6.07, 6.45) is 0. The molecule has 0 spiro atoms. The van der Waals surface area contributed by atoms with Gasteiger partial charge in [-0.3, -0.25) is 0 Å². The second-order valence-corrected chi connectivity index (χ2v) is 6.77. The molecule has 0 saturated heterocycles. The Hall–Kier alpha value is -1.07. The monoisotopic (exact) mass is 337 g/mol. The summed E-state index contributed by atoms with van der Waals surface area (Å²) in [4.78, 5) is 8.95. The van der Waals surface area contributed by atoms with E-state index in [2.05, 4.69) is 39.7 Å². The summed E-state index contributed by atoms with van der Waals surface area (Å²) in [5, 5.41) is 0.550. The summed E-state index contributed by atoms with van der Waals surface area (Å²) in [6.45, 7) is 4.32. The molecule has 2 N–H and O–H groups in total. The number of nitrogen functional groups attached to an aromatic ring is 1. The van der Waals surface area contributed by atoms with Crippen molar-refractivity contribution in [1.29, 1.82) is 0 Å². The lowest BCUT2D eigenvalue weighted by Gasteiger charge is -2.10. The van der Waals surface area contributed by atoms with Crippen LogP contribution in [-0.2, 0) is 5.75 Å². The molecule has 0 unspecified atom stereocenters. The van der Waals surface area contributed by atoms with Gasteiger partial charge in [-0.15, -0.1) is 0 Å². The van der Waals surface area contributed by atoms with Crippen molar-refractivity contribution in [3.8, 4) is 11.3 Å². The van der Waals surface area contributed by atoms with E-state index in [4.69, 9.17) is 5.73 Å². The van der Waals surface area contributed by atoms with Gasteiger partial charge in [-0.1, -0.05) is 44.2 Å². The van der Waals surface area contributed by atoms with Crippen molar-refractivity contribution in [2.24, 2.45) is 0 Å². The third-order valence-corrected chi connectivity index (χ3v) is 4.39. The number of benzene rings is 1. The van der Waals surface area contributed by atoms with Crippen LogP contribution in [0.1, 0.15) is 19.7 Å². The number of hydrogen-bond acceptors (Lipinski definition) is 4. The number of anilines is 1.